The lowest BCUT2D eigenvalue weighted by Crippen LogP contribution is -2.10. The maximum absolute atomic E-state index is 10.5. The number of aliphatic hydroxyl groups is 1. The molecule has 1 aromatic heterocycles. The molecule has 3 nitrogen and oxygen atoms in total. The third-order valence-electron chi connectivity index (χ3n) is 3.02. The van der Waals surface area contributed by atoms with Gasteiger partial charge in [-0.3, -0.25) is 0 Å². The molecule has 0 aliphatic heterocycles. The second kappa shape index (κ2) is 5.36. The number of rotatable bonds is 4. The lowest BCUT2D eigenvalue weighted by Gasteiger charge is -2.14. The van der Waals surface area contributed by atoms with Gasteiger partial charge in [-0.05, 0) is 25.8 Å². The minimum Gasteiger partial charge on any atom is -0.380 e. The number of hydrogen-bond donors (Lipinski definition) is 1. The molecule has 0 spiro atoms. The van der Waals surface area contributed by atoms with Crippen molar-refractivity contribution in [2.45, 2.75) is 39.8 Å². The number of aliphatic hydroxyl groups excluding tert-OH is 1. The Morgan fingerprint density at radius 1 is 1.22 bits per heavy atom. The fraction of sp³-hybridized carbons (Fsp3) is 0.400. The Balaban J connectivity index is 2.34. The molecule has 1 N–H and O–H groups in total. The summed E-state index contributed by atoms with van der Waals surface area (Å²) in [6.45, 7) is 7.09. The van der Waals surface area contributed by atoms with Crippen LogP contribution >= 0.6 is 0 Å². The molecule has 2 aromatic rings. The summed E-state index contributed by atoms with van der Waals surface area (Å²) in [6.07, 6.45) is 4.05. The molecule has 1 atom stereocenters. The van der Waals surface area contributed by atoms with Crippen molar-refractivity contribution in [2.75, 3.05) is 0 Å². The third-order valence-corrected chi connectivity index (χ3v) is 3.02. The summed E-state index contributed by atoms with van der Waals surface area (Å²) < 4.78 is 2.02. The van der Waals surface area contributed by atoms with Gasteiger partial charge in [0.1, 0.15) is 11.9 Å². The lowest BCUT2D eigenvalue weighted by atomic mass is 10.0. The Labute approximate surface area is 108 Å². The first-order valence-corrected chi connectivity index (χ1v) is 6.39. The number of hydrogen-bond acceptors (Lipinski definition) is 2. The first kappa shape index (κ1) is 12.8. The fourth-order valence-electron chi connectivity index (χ4n) is 2.32. The van der Waals surface area contributed by atoms with Crippen LogP contribution in [-0.4, -0.2) is 14.7 Å². The number of nitrogens with zero attached hydrogens (tertiary/aromatic N) is 2. The molecule has 0 aliphatic carbocycles. The quantitative estimate of drug-likeness (QED) is 0.897. The van der Waals surface area contributed by atoms with E-state index in [9.17, 15) is 5.11 Å². The highest BCUT2D eigenvalue weighted by atomic mass is 16.3. The van der Waals surface area contributed by atoms with E-state index in [1.807, 2.05) is 36.7 Å². The normalized spacial score (nSPS) is 12.7. The molecule has 1 aromatic carbocycles. The van der Waals surface area contributed by atoms with E-state index in [1.165, 1.54) is 0 Å². The highest BCUT2D eigenvalue weighted by molar-refractivity contribution is 5.32. The fourth-order valence-corrected chi connectivity index (χ4v) is 2.32. The van der Waals surface area contributed by atoms with Gasteiger partial charge in [-0.1, -0.05) is 36.2 Å². The highest BCUT2D eigenvalue weighted by Gasteiger charge is 2.16. The van der Waals surface area contributed by atoms with Crippen LogP contribution in [0.25, 0.3) is 0 Å². The smallest absolute Gasteiger partial charge is 0.142 e. The predicted molar refractivity (Wildman–Crippen MR) is 72.5 cm³/mol. The zero-order valence-corrected chi connectivity index (χ0v) is 11.2. The standard InChI is InChI=1S/C15H20N2O/c1-4-6-17-7-5-16-15(17)14(18)13-9-11(2)8-12(3)10-13/h5,7-10,14,18H,4,6H2,1-3H3. The molecule has 18 heavy (non-hydrogen) atoms. The third kappa shape index (κ3) is 2.62. The molecule has 0 saturated heterocycles. The molecule has 1 heterocycles. The van der Waals surface area contributed by atoms with E-state index in [-0.39, 0.29) is 0 Å². The van der Waals surface area contributed by atoms with Gasteiger partial charge in [0.15, 0.2) is 0 Å². The van der Waals surface area contributed by atoms with E-state index in [4.69, 9.17) is 0 Å². The molecular weight excluding hydrogens is 224 g/mol. The van der Waals surface area contributed by atoms with Crippen molar-refractivity contribution in [3.05, 3.63) is 53.1 Å². The van der Waals surface area contributed by atoms with E-state index >= 15 is 0 Å². The monoisotopic (exact) mass is 244 g/mol. The summed E-state index contributed by atoms with van der Waals surface area (Å²) in [5, 5.41) is 10.5. The lowest BCUT2D eigenvalue weighted by molar-refractivity contribution is 0.204. The van der Waals surface area contributed by atoms with Crippen LogP contribution in [0, 0.1) is 13.8 Å². The van der Waals surface area contributed by atoms with E-state index < -0.39 is 6.10 Å². The maximum atomic E-state index is 10.5. The van der Waals surface area contributed by atoms with Gasteiger partial charge in [0.25, 0.3) is 0 Å². The van der Waals surface area contributed by atoms with Crippen molar-refractivity contribution in [3.8, 4) is 0 Å². The Kier molecular flexibility index (Phi) is 3.82. The van der Waals surface area contributed by atoms with Gasteiger partial charge in [-0.15, -0.1) is 0 Å². The van der Waals surface area contributed by atoms with Crippen molar-refractivity contribution in [3.63, 3.8) is 0 Å². The molecule has 0 saturated carbocycles. The predicted octanol–water partition coefficient (Wildman–Crippen LogP) is 2.99. The molecule has 1 unspecified atom stereocenters. The second-order valence-corrected chi connectivity index (χ2v) is 4.80. The van der Waals surface area contributed by atoms with Crippen LogP contribution in [0.15, 0.2) is 30.6 Å². The van der Waals surface area contributed by atoms with Crippen molar-refractivity contribution in [1.82, 2.24) is 9.55 Å². The maximum Gasteiger partial charge on any atom is 0.142 e. The van der Waals surface area contributed by atoms with Crippen LogP contribution in [0.5, 0.6) is 0 Å². The highest BCUT2D eigenvalue weighted by Crippen LogP contribution is 2.23. The van der Waals surface area contributed by atoms with Gasteiger partial charge >= 0.3 is 0 Å². The summed E-state index contributed by atoms with van der Waals surface area (Å²) in [5.41, 5.74) is 3.24. The summed E-state index contributed by atoms with van der Waals surface area (Å²) in [4.78, 5) is 4.28. The van der Waals surface area contributed by atoms with Crippen LogP contribution < -0.4 is 0 Å². The molecule has 0 fully saturated rings. The number of benzene rings is 1. The van der Waals surface area contributed by atoms with Crippen LogP contribution in [0.3, 0.4) is 0 Å². The largest absolute Gasteiger partial charge is 0.380 e. The molecule has 2 rings (SSSR count). The summed E-state index contributed by atoms with van der Waals surface area (Å²) in [7, 11) is 0. The average molecular weight is 244 g/mol. The zero-order valence-electron chi connectivity index (χ0n) is 11.2. The van der Waals surface area contributed by atoms with E-state index in [0.29, 0.717) is 0 Å². The zero-order chi connectivity index (χ0) is 13.1. The molecular formula is C15H20N2O. The molecule has 0 bridgehead atoms. The molecule has 0 aliphatic rings. The molecule has 0 amide bonds. The van der Waals surface area contributed by atoms with Crippen LogP contribution in [0.1, 0.15) is 42.0 Å². The first-order valence-electron chi connectivity index (χ1n) is 6.39. The number of aryl methyl sites for hydroxylation is 3. The van der Waals surface area contributed by atoms with Crippen LogP contribution in [0.2, 0.25) is 0 Å². The summed E-state index contributed by atoms with van der Waals surface area (Å²) in [6, 6.07) is 6.14. The van der Waals surface area contributed by atoms with E-state index in [0.717, 1.165) is 35.5 Å². The summed E-state index contributed by atoms with van der Waals surface area (Å²) in [5.74, 6) is 0.724. The van der Waals surface area contributed by atoms with Gasteiger partial charge in [0.05, 0.1) is 0 Å². The van der Waals surface area contributed by atoms with E-state index in [1.54, 1.807) is 6.20 Å². The Morgan fingerprint density at radius 3 is 2.50 bits per heavy atom. The second-order valence-electron chi connectivity index (χ2n) is 4.80. The average Bonchev–Trinajstić information content (AvgIpc) is 2.75. The van der Waals surface area contributed by atoms with Gasteiger partial charge in [0, 0.05) is 18.9 Å². The van der Waals surface area contributed by atoms with Gasteiger partial charge in [-0.2, -0.15) is 0 Å². The first-order chi connectivity index (χ1) is 8.61. The molecule has 3 heteroatoms. The van der Waals surface area contributed by atoms with Crippen molar-refractivity contribution < 1.29 is 5.11 Å². The number of aromatic nitrogens is 2. The molecule has 96 valence electrons. The number of imidazole rings is 1. The van der Waals surface area contributed by atoms with Gasteiger partial charge in [0.2, 0.25) is 0 Å². The van der Waals surface area contributed by atoms with Crippen LogP contribution in [-0.2, 0) is 6.54 Å². The van der Waals surface area contributed by atoms with Gasteiger partial charge < -0.3 is 9.67 Å². The Morgan fingerprint density at radius 2 is 1.89 bits per heavy atom. The topological polar surface area (TPSA) is 38.0 Å². The van der Waals surface area contributed by atoms with Crippen molar-refractivity contribution in [2.24, 2.45) is 0 Å². The minimum atomic E-state index is -0.648. The Bertz CT molecular complexity index is 511. The van der Waals surface area contributed by atoms with E-state index in [2.05, 4.69) is 18.0 Å². The minimum absolute atomic E-state index is 0.648. The van der Waals surface area contributed by atoms with Crippen molar-refractivity contribution in [1.29, 1.82) is 0 Å². The Hall–Kier alpha value is -1.61. The summed E-state index contributed by atoms with van der Waals surface area (Å²) >= 11 is 0. The van der Waals surface area contributed by atoms with Crippen molar-refractivity contribution >= 4 is 0 Å². The van der Waals surface area contributed by atoms with Crippen LogP contribution in [0.4, 0.5) is 0 Å². The van der Waals surface area contributed by atoms with Gasteiger partial charge in [-0.25, -0.2) is 4.98 Å². The SMILES string of the molecule is CCCn1ccnc1C(O)c1cc(C)cc(C)c1. The molecule has 0 radical (unpaired) electrons.